The van der Waals surface area contributed by atoms with E-state index in [1.165, 1.54) is 24.0 Å². The second-order valence-corrected chi connectivity index (χ2v) is 9.94. The smallest absolute Gasteiger partial charge is 0.255 e. The standard InChI is InChI=1S/C30H33N3O2.ClH/c1-20-9-10-21(2)33(20)19-25-17-24(12-15-27(25)22-7-5-4-6-8-22)30(35)31-26-14-11-23-13-16-29(34)32(3)28(23)18-26;/h4-8,11-12,14-15,17-18,20-21H,9-10,13,16,19H2,1-3H3,(H,31,35);1H. The molecule has 1 saturated heterocycles. The zero-order valence-corrected chi connectivity index (χ0v) is 22.0. The Morgan fingerprint density at radius 2 is 1.67 bits per heavy atom. The highest BCUT2D eigenvalue weighted by atomic mass is 35.5. The summed E-state index contributed by atoms with van der Waals surface area (Å²) in [6.07, 6.45) is 3.68. The molecular formula is C30H34ClN3O2. The first-order valence-corrected chi connectivity index (χ1v) is 12.6. The Morgan fingerprint density at radius 1 is 0.944 bits per heavy atom. The van der Waals surface area contributed by atoms with Crippen molar-refractivity contribution in [3.63, 3.8) is 0 Å². The number of aryl methyl sites for hydroxylation is 1. The highest BCUT2D eigenvalue weighted by Gasteiger charge is 2.28. The van der Waals surface area contributed by atoms with Gasteiger partial charge in [0.25, 0.3) is 5.91 Å². The Labute approximate surface area is 219 Å². The van der Waals surface area contributed by atoms with Crippen molar-refractivity contribution < 1.29 is 9.59 Å². The minimum Gasteiger partial charge on any atom is -0.322 e. The summed E-state index contributed by atoms with van der Waals surface area (Å²) in [7, 11) is 1.79. The van der Waals surface area contributed by atoms with Gasteiger partial charge in [0.15, 0.2) is 0 Å². The van der Waals surface area contributed by atoms with E-state index in [9.17, 15) is 9.59 Å². The van der Waals surface area contributed by atoms with Crippen LogP contribution < -0.4 is 10.2 Å². The first-order valence-electron chi connectivity index (χ1n) is 12.6. The number of fused-ring (bicyclic) bond motifs is 1. The Balaban J connectivity index is 0.00000304. The number of nitrogens with one attached hydrogen (secondary N) is 1. The molecule has 2 aliphatic heterocycles. The van der Waals surface area contributed by atoms with Crippen LogP contribution in [0.15, 0.2) is 66.7 Å². The molecule has 5 nitrogen and oxygen atoms in total. The number of hydrogen-bond acceptors (Lipinski definition) is 3. The van der Waals surface area contributed by atoms with Crippen LogP contribution in [0.25, 0.3) is 11.1 Å². The van der Waals surface area contributed by atoms with Crippen LogP contribution in [0.2, 0.25) is 0 Å². The first kappa shape index (κ1) is 25.9. The molecule has 2 heterocycles. The van der Waals surface area contributed by atoms with Crippen LogP contribution in [0.4, 0.5) is 11.4 Å². The second kappa shape index (κ2) is 10.9. The molecule has 0 bridgehead atoms. The van der Waals surface area contributed by atoms with Gasteiger partial charge in [0, 0.05) is 49.0 Å². The van der Waals surface area contributed by atoms with Crippen LogP contribution in [-0.4, -0.2) is 35.8 Å². The topological polar surface area (TPSA) is 52.7 Å². The summed E-state index contributed by atoms with van der Waals surface area (Å²) in [6, 6.07) is 23.3. The number of nitrogens with zero attached hydrogens (tertiary/aromatic N) is 2. The van der Waals surface area contributed by atoms with Crippen LogP contribution in [-0.2, 0) is 17.8 Å². The molecule has 1 fully saturated rings. The molecule has 0 saturated carbocycles. The van der Waals surface area contributed by atoms with Crippen LogP contribution >= 0.6 is 12.4 Å². The van der Waals surface area contributed by atoms with E-state index in [2.05, 4.69) is 54.4 Å². The predicted molar refractivity (Wildman–Crippen MR) is 149 cm³/mol. The molecule has 3 aromatic carbocycles. The fourth-order valence-electron chi connectivity index (χ4n) is 5.43. The Kier molecular flexibility index (Phi) is 7.82. The zero-order valence-electron chi connectivity index (χ0n) is 21.2. The number of amides is 2. The molecule has 1 N–H and O–H groups in total. The lowest BCUT2D eigenvalue weighted by molar-refractivity contribution is -0.118. The number of carbonyl (C=O) groups is 2. The number of halogens is 1. The van der Waals surface area contributed by atoms with Crippen LogP contribution in [0, 0.1) is 0 Å². The van der Waals surface area contributed by atoms with Crippen LogP contribution in [0.3, 0.4) is 0 Å². The van der Waals surface area contributed by atoms with E-state index >= 15 is 0 Å². The summed E-state index contributed by atoms with van der Waals surface area (Å²) in [4.78, 5) is 29.6. The molecule has 2 aliphatic rings. The quantitative estimate of drug-likeness (QED) is 0.444. The molecule has 0 aromatic heterocycles. The summed E-state index contributed by atoms with van der Waals surface area (Å²) >= 11 is 0. The van der Waals surface area contributed by atoms with Gasteiger partial charge in [0.1, 0.15) is 0 Å². The lowest BCUT2D eigenvalue weighted by atomic mass is 9.96. The summed E-state index contributed by atoms with van der Waals surface area (Å²) in [5, 5.41) is 3.05. The zero-order chi connectivity index (χ0) is 24.5. The highest BCUT2D eigenvalue weighted by Crippen LogP contribution is 2.32. The molecule has 0 spiro atoms. The Bertz CT molecular complexity index is 1250. The number of hydrogen-bond donors (Lipinski definition) is 1. The van der Waals surface area contributed by atoms with E-state index in [1.54, 1.807) is 11.9 Å². The minimum atomic E-state index is -0.141. The van der Waals surface area contributed by atoms with Gasteiger partial charge in [-0.25, -0.2) is 0 Å². The first-order chi connectivity index (χ1) is 16.9. The lowest BCUT2D eigenvalue weighted by Crippen LogP contribution is -2.32. The third kappa shape index (κ3) is 5.18. The summed E-state index contributed by atoms with van der Waals surface area (Å²) < 4.78 is 0. The normalized spacial score (nSPS) is 19.5. The second-order valence-electron chi connectivity index (χ2n) is 9.94. The van der Waals surface area contributed by atoms with Crippen LogP contribution in [0.5, 0.6) is 0 Å². The fraction of sp³-hybridized carbons (Fsp3) is 0.333. The van der Waals surface area contributed by atoms with Crippen molar-refractivity contribution in [2.75, 3.05) is 17.3 Å². The third-order valence-corrected chi connectivity index (χ3v) is 7.63. The highest BCUT2D eigenvalue weighted by molar-refractivity contribution is 6.05. The van der Waals surface area contributed by atoms with Gasteiger partial charge >= 0.3 is 0 Å². The average Bonchev–Trinajstić information content (AvgIpc) is 3.19. The van der Waals surface area contributed by atoms with Crippen molar-refractivity contribution in [1.29, 1.82) is 0 Å². The van der Waals surface area contributed by atoms with Gasteiger partial charge in [-0.3, -0.25) is 14.5 Å². The van der Waals surface area contributed by atoms with Gasteiger partial charge in [0.05, 0.1) is 0 Å². The largest absolute Gasteiger partial charge is 0.322 e. The molecule has 5 rings (SSSR count). The van der Waals surface area contributed by atoms with Gasteiger partial charge in [-0.15, -0.1) is 12.4 Å². The maximum absolute atomic E-state index is 13.3. The van der Waals surface area contributed by atoms with Crippen molar-refractivity contribution >= 4 is 35.6 Å². The summed E-state index contributed by atoms with van der Waals surface area (Å²) in [6.45, 7) is 5.40. The summed E-state index contributed by atoms with van der Waals surface area (Å²) in [5.74, 6) is -0.0365. The summed E-state index contributed by atoms with van der Waals surface area (Å²) in [5.41, 5.74) is 6.84. The van der Waals surface area contributed by atoms with Crippen molar-refractivity contribution in [3.8, 4) is 11.1 Å². The molecule has 188 valence electrons. The molecule has 3 aromatic rings. The number of anilines is 2. The van der Waals surface area contributed by atoms with E-state index in [4.69, 9.17) is 0 Å². The van der Waals surface area contributed by atoms with E-state index < -0.39 is 0 Å². The Morgan fingerprint density at radius 3 is 2.39 bits per heavy atom. The lowest BCUT2D eigenvalue weighted by Gasteiger charge is -2.27. The predicted octanol–water partition coefficient (Wildman–Crippen LogP) is 6.31. The van der Waals surface area contributed by atoms with Gasteiger partial charge in [-0.2, -0.15) is 0 Å². The van der Waals surface area contributed by atoms with Crippen molar-refractivity contribution in [3.05, 3.63) is 83.4 Å². The number of carbonyl (C=O) groups excluding carboxylic acids is 2. The van der Waals surface area contributed by atoms with Crippen LogP contribution in [0.1, 0.15) is 54.6 Å². The van der Waals surface area contributed by atoms with Gasteiger partial charge in [-0.05, 0) is 79.6 Å². The van der Waals surface area contributed by atoms with Crippen molar-refractivity contribution in [1.82, 2.24) is 4.90 Å². The molecule has 2 atom stereocenters. The monoisotopic (exact) mass is 503 g/mol. The molecule has 0 aliphatic carbocycles. The molecular weight excluding hydrogens is 470 g/mol. The number of likely N-dealkylation sites (tertiary alicyclic amines) is 1. The van der Waals surface area contributed by atoms with Gasteiger partial charge < -0.3 is 10.2 Å². The molecule has 2 amide bonds. The fourth-order valence-corrected chi connectivity index (χ4v) is 5.43. The maximum atomic E-state index is 13.3. The molecule has 36 heavy (non-hydrogen) atoms. The number of rotatable bonds is 5. The van der Waals surface area contributed by atoms with Gasteiger partial charge in [-0.1, -0.05) is 42.5 Å². The van der Waals surface area contributed by atoms with Gasteiger partial charge in [0.2, 0.25) is 5.91 Å². The SMILES string of the molecule is CC1CCC(C)N1Cc1cc(C(=O)Nc2ccc3c(c2)N(C)C(=O)CC3)ccc1-c1ccccc1.Cl. The van der Waals surface area contributed by atoms with E-state index in [0.717, 1.165) is 29.8 Å². The Hall–Kier alpha value is -3.15. The van der Waals surface area contributed by atoms with E-state index in [-0.39, 0.29) is 24.2 Å². The number of benzene rings is 3. The molecule has 6 heteroatoms. The molecule has 2 unspecified atom stereocenters. The average molecular weight is 504 g/mol. The maximum Gasteiger partial charge on any atom is 0.255 e. The van der Waals surface area contributed by atoms with Crippen molar-refractivity contribution in [2.45, 2.75) is 58.2 Å². The van der Waals surface area contributed by atoms with E-state index in [1.807, 2.05) is 36.4 Å². The minimum absolute atomic E-state index is 0. The van der Waals surface area contributed by atoms with E-state index in [0.29, 0.717) is 29.8 Å². The van der Waals surface area contributed by atoms with Crippen molar-refractivity contribution in [2.24, 2.45) is 0 Å². The third-order valence-electron chi connectivity index (χ3n) is 7.63. The molecule has 0 radical (unpaired) electrons.